The normalized spacial score (nSPS) is 28.6. The predicted octanol–water partition coefficient (Wildman–Crippen LogP) is 3.49. The van der Waals surface area contributed by atoms with E-state index in [4.69, 9.17) is 10.1 Å². The van der Waals surface area contributed by atoms with Crippen molar-refractivity contribution in [3.05, 3.63) is 35.6 Å². The molecule has 24 heavy (non-hydrogen) atoms. The molecule has 1 aromatic carbocycles. The van der Waals surface area contributed by atoms with Gasteiger partial charge in [0.25, 0.3) is 0 Å². The SMILES string of the molecule is CC(=N)C(C)(C)S(=O)(=O)C1CC(C)OCC1(C)c1ccccc1F. The van der Waals surface area contributed by atoms with Crippen LogP contribution in [0.3, 0.4) is 0 Å². The zero-order chi connectivity index (χ0) is 18.3. The van der Waals surface area contributed by atoms with E-state index in [1.54, 1.807) is 39.0 Å². The first-order valence-electron chi connectivity index (χ1n) is 8.10. The average Bonchev–Trinajstić information content (AvgIpc) is 2.49. The van der Waals surface area contributed by atoms with Gasteiger partial charge in [-0.05, 0) is 45.7 Å². The van der Waals surface area contributed by atoms with Gasteiger partial charge in [-0.25, -0.2) is 12.8 Å². The van der Waals surface area contributed by atoms with Crippen LogP contribution in [-0.4, -0.2) is 36.8 Å². The third kappa shape index (κ3) is 2.90. The van der Waals surface area contributed by atoms with Crippen LogP contribution in [0.1, 0.15) is 46.6 Å². The van der Waals surface area contributed by atoms with Gasteiger partial charge in [-0.2, -0.15) is 0 Å². The Morgan fingerprint density at radius 1 is 1.38 bits per heavy atom. The molecular formula is C18H26FNO3S. The monoisotopic (exact) mass is 355 g/mol. The van der Waals surface area contributed by atoms with Crippen LogP contribution >= 0.6 is 0 Å². The minimum atomic E-state index is -3.74. The smallest absolute Gasteiger partial charge is 0.164 e. The Bertz CT molecular complexity index is 744. The molecule has 2 rings (SSSR count). The van der Waals surface area contributed by atoms with E-state index in [0.717, 1.165) is 0 Å². The van der Waals surface area contributed by atoms with Crippen molar-refractivity contribution in [2.24, 2.45) is 0 Å². The van der Waals surface area contributed by atoms with E-state index >= 15 is 0 Å². The predicted molar refractivity (Wildman–Crippen MR) is 94.0 cm³/mol. The molecule has 0 radical (unpaired) electrons. The van der Waals surface area contributed by atoms with E-state index in [-0.39, 0.29) is 24.8 Å². The fourth-order valence-electron chi connectivity index (χ4n) is 3.25. The third-order valence-corrected chi connectivity index (χ3v) is 8.59. The molecule has 1 aliphatic heterocycles. The zero-order valence-corrected chi connectivity index (χ0v) is 15.7. The first-order chi connectivity index (χ1) is 10.9. The number of halogens is 1. The first-order valence-corrected chi connectivity index (χ1v) is 9.65. The van der Waals surface area contributed by atoms with Crippen molar-refractivity contribution >= 4 is 15.5 Å². The first kappa shape index (κ1) is 19.1. The summed E-state index contributed by atoms with van der Waals surface area (Å²) in [7, 11) is -3.74. The summed E-state index contributed by atoms with van der Waals surface area (Å²) in [5.74, 6) is -0.428. The Morgan fingerprint density at radius 3 is 2.50 bits per heavy atom. The van der Waals surface area contributed by atoms with Crippen LogP contribution in [0.25, 0.3) is 0 Å². The molecule has 0 aliphatic carbocycles. The van der Waals surface area contributed by atoms with Crippen LogP contribution in [0.2, 0.25) is 0 Å². The van der Waals surface area contributed by atoms with Crippen molar-refractivity contribution in [3.63, 3.8) is 0 Å². The van der Waals surface area contributed by atoms with Crippen LogP contribution in [-0.2, 0) is 20.0 Å². The number of sulfone groups is 1. The molecule has 6 heteroatoms. The lowest BCUT2D eigenvalue weighted by molar-refractivity contribution is -0.0139. The maximum absolute atomic E-state index is 14.4. The molecule has 0 saturated carbocycles. The van der Waals surface area contributed by atoms with E-state index < -0.39 is 31.1 Å². The molecule has 4 nitrogen and oxygen atoms in total. The average molecular weight is 355 g/mol. The van der Waals surface area contributed by atoms with Crippen molar-refractivity contribution < 1.29 is 17.5 Å². The van der Waals surface area contributed by atoms with Gasteiger partial charge >= 0.3 is 0 Å². The minimum Gasteiger partial charge on any atom is -0.378 e. The highest BCUT2D eigenvalue weighted by atomic mass is 32.2. The Kier molecular flexibility index (Phi) is 4.94. The molecule has 0 aromatic heterocycles. The minimum absolute atomic E-state index is 0.0810. The fraction of sp³-hybridized carbons (Fsp3) is 0.611. The Hall–Kier alpha value is -1.27. The van der Waals surface area contributed by atoms with Crippen molar-refractivity contribution in [3.8, 4) is 0 Å². The summed E-state index contributed by atoms with van der Waals surface area (Å²) in [6.07, 6.45) is 0.0515. The maximum atomic E-state index is 14.4. The van der Waals surface area contributed by atoms with Crippen molar-refractivity contribution in [2.75, 3.05) is 6.61 Å². The molecule has 1 N–H and O–H groups in total. The lowest BCUT2D eigenvalue weighted by Crippen LogP contribution is -2.57. The highest BCUT2D eigenvalue weighted by Crippen LogP contribution is 2.43. The quantitative estimate of drug-likeness (QED) is 0.841. The molecule has 134 valence electrons. The summed E-state index contributed by atoms with van der Waals surface area (Å²) in [4.78, 5) is 0. The van der Waals surface area contributed by atoms with Gasteiger partial charge in [-0.3, -0.25) is 0 Å². The largest absolute Gasteiger partial charge is 0.378 e. The molecule has 3 atom stereocenters. The van der Waals surface area contributed by atoms with Gasteiger partial charge in [0.15, 0.2) is 9.84 Å². The lowest BCUT2D eigenvalue weighted by Gasteiger charge is -2.46. The van der Waals surface area contributed by atoms with E-state index in [2.05, 4.69) is 0 Å². The molecule has 1 heterocycles. The summed E-state index contributed by atoms with van der Waals surface area (Å²) in [6, 6.07) is 6.26. The highest BCUT2D eigenvalue weighted by Gasteiger charge is 2.54. The van der Waals surface area contributed by atoms with E-state index in [9.17, 15) is 12.8 Å². The van der Waals surface area contributed by atoms with Crippen LogP contribution in [0.5, 0.6) is 0 Å². The molecule has 1 aliphatic rings. The van der Waals surface area contributed by atoms with Crippen LogP contribution in [0.4, 0.5) is 4.39 Å². The lowest BCUT2D eigenvalue weighted by atomic mass is 9.76. The molecule has 0 bridgehead atoms. The van der Waals surface area contributed by atoms with Gasteiger partial charge in [0.05, 0.1) is 18.0 Å². The standard InChI is InChI=1S/C18H26FNO3S/c1-12-10-16(24(21,22)17(3,4)13(2)20)18(5,11-23-12)14-8-6-7-9-15(14)19/h6-9,12,16,20H,10-11H2,1-5H3. The number of rotatable bonds is 4. The number of nitrogens with one attached hydrogen (secondary N) is 1. The molecular weight excluding hydrogens is 329 g/mol. The molecule has 1 aromatic rings. The van der Waals surface area contributed by atoms with Crippen molar-refractivity contribution in [1.29, 1.82) is 5.41 Å². The molecule has 1 fully saturated rings. The second kappa shape index (κ2) is 6.23. The van der Waals surface area contributed by atoms with Gasteiger partial charge < -0.3 is 10.1 Å². The van der Waals surface area contributed by atoms with E-state index in [1.165, 1.54) is 13.0 Å². The van der Waals surface area contributed by atoms with Gasteiger partial charge in [0, 0.05) is 11.1 Å². The summed E-state index contributed by atoms with van der Waals surface area (Å²) in [5, 5.41) is 7.09. The number of benzene rings is 1. The second-order valence-corrected chi connectivity index (χ2v) is 10.1. The number of hydrogen-bond acceptors (Lipinski definition) is 4. The molecule has 0 amide bonds. The maximum Gasteiger partial charge on any atom is 0.164 e. The van der Waals surface area contributed by atoms with Crippen molar-refractivity contribution in [2.45, 2.75) is 62.6 Å². The third-order valence-electron chi connectivity index (χ3n) is 5.40. The van der Waals surface area contributed by atoms with Crippen molar-refractivity contribution in [1.82, 2.24) is 0 Å². The molecule has 1 saturated heterocycles. The summed E-state index contributed by atoms with van der Waals surface area (Å²) in [6.45, 7) is 8.30. The van der Waals surface area contributed by atoms with Crippen LogP contribution in [0.15, 0.2) is 24.3 Å². The Morgan fingerprint density at radius 2 is 1.96 bits per heavy atom. The molecule has 0 spiro atoms. The van der Waals surface area contributed by atoms with Crippen LogP contribution in [0, 0.1) is 11.2 Å². The second-order valence-electron chi connectivity index (χ2n) is 7.42. The fourth-order valence-corrected chi connectivity index (χ4v) is 5.79. The summed E-state index contributed by atoms with van der Waals surface area (Å²) >= 11 is 0. The van der Waals surface area contributed by atoms with E-state index in [1.807, 2.05) is 6.92 Å². The van der Waals surface area contributed by atoms with E-state index in [0.29, 0.717) is 5.56 Å². The topological polar surface area (TPSA) is 67.2 Å². The zero-order valence-electron chi connectivity index (χ0n) is 14.9. The Labute approximate surface area is 143 Å². The molecule has 3 unspecified atom stereocenters. The van der Waals surface area contributed by atoms with Gasteiger partial charge in [-0.15, -0.1) is 0 Å². The number of ether oxygens (including phenoxy) is 1. The summed E-state index contributed by atoms with van der Waals surface area (Å²) < 4.78 is 45.6. The summed E-state index contributed by atoms with van der Waals surface area (Å²) in [5.41, 5.74) is -0.565. The Balaban J connectivity index is 2.63. The van der Waals surface area contributed by atoms with Crippen LogP contribution < -0.4 is 0 Å². The van der Waals surface area contributed by atoms with Gasteiger partial charge in [0.1, 0.15) is 10.6 Å². The highest BCUT2D eigenvalue weighted by molar-refractivity contribution is 7.94. The van der Waals surface area contributed by atoms with Gasteiger partial charge in [-0.1, -0.05) is 25.1 Å². The van der Waals surface area contributed by atoms with Gasteiger partial charge in [0.2, 0.25) is 0 Å². The number of hydrogen-bond donors (Lipinski definition) is 1.